The van der Waals surface area contributed by atoms with Crippen molar-refractivity contribution >= 4 is 27.3 Å². The molecule has 0 bridgehead atoms. The lowest BCUT2D eigenvalue weighted by molar-refractivity contribution is 0.470. The molecule has 1 N–H and O–H groups in total. The van der Waals surface area contributed by atoms with Gasteiger partial charge in [0.1, 0.15) is 0 Å². The highest BCUT2D eigenvalue weighted by Crippen LogP contribution is 2.28. The number of hydrogen-bond acceptors (Lipinski definition) is 2. The first-order chi connectivity index (χ1) is 8.13. The van der Waals surface area contributed by atoms with Crippen molar-refractivity contribution < 1.29 is 0 Å². The average molecular weight is 318 g/mol. The number of halogens is 1. The first-order valence-electron chi connectivity index (χ1n) is 6.59. The monoisotopic (exact) mass is 317 g/mol. The fourth-order valence-electron chi connectivity index (χ4n) is 1.92. The van der Waals surface area contributed by atoms with Gasteiger partial charge in [0.2, 0.25) is 0 Å². The molecule has 1 unspecified atom stereocenters. The lowest BCUT2D eigenvalue weighted by Crippen LogP contribution is -2.18. The molecule has 0 aliphatic carbocycles. The zero-order chi connectivity index (χ0) is 12.7. The molecule has 1 aromatic heterocycles. The van der Waals surface area contributed by atoms with Crippen LogP contribution in [-0.4, -0.2) is 13.1 Å². The van der Waals surface area contributed by atoms with Gasteiger partial charge in [-0.15, -0.1) is 11.3 Å². The summed E-state index contributed by atoms with van der Waals surface area (Å²) in [5.41, 5.74) is 1.52. The van der Waals surface area contributed by atoms with Crippen LogP contribution in [0.4, 0.5) is 0 Å². The molecule has 0 aliphatic heterocycles. The maximum absolute atomic E-state index is 3.56. The minimum atomic E-state index is 0.817. The second-order valence-corrected chi connectivity index (χ2v) is 7.45. The Morgan fingerprint density at radius 1 is 1.35 bits per heavy atom. The predicted octanol–water partition coefficient (Wildman–Crippen LogP) is 4.78. The molecule has 1 atom stereocenters. The SMILES string of the molecule is CCCNCCC(C)CCc1cc(Br)sc1C. The molecule has 1 aromatic rings. The van der Waals surface area contributed by atoms with E-state index in [9.17, 15) is 0 Å². The Hall–Kier alpha value is 0.140. The van der Waals surface area contributed by atoms with Gasteiger partial charge in [-0.25, -0.2) is 0 Å². The minimum Gasteiger partial charge on any atom is -0.317 e. The quantitative estimate of drug-likeness (QED) is 0.680. The van der Waals surface area contributed by atoms with E-state index in [2.05, 4.69) is 48.1 Å². The van der Waals surface area contributed by atoms with Gasteiger partial charge in [0.25, 0.3) is 0 Å². The van der Waals surface area contributed by atoms with Crippen LogP contribution >= 0.6 is 27.3 Å². The number of thiophene rings is 1. The molecule has 0 fully saturated rings. The molecule has 1 rings (SSSR count). The number of hydrogen-bond donors (Lipinski definition) is 1. The van der Waals surface area contributed by atoms with E-state index in [0.29, 0.717) is 0 Å². The normalized spacial score (nSPS) is 12.9. The van der Waals surface area contributed by atoms with Crippen LogP contribution in [0.15, 0.2) is 9.85 Å². The average Bonchev–Trinajstić information content (AvgIpc) is 2.61. The summed E-state index contributed by atoms with van der Waals surface area (Å²) in [6.07, 6.45) is 5.06. The Labute approximate surface area is 118 Å². The second kappa shape index (κ2) is 8.28. The zero-order valence-corrected chi connectivity index (χ0v) is 13.6. The van der Waals surface area contributed by atoms with Crippen LogP contribution in [-0.2, 0) is 6.42 Å². The highest BCUT2D eigenvalue weighted by molar-refractivity contribution is 9.11. The minimum absolute atomic E-state index is 0.817. The van der Waals surface area contributed by atoms with Crippen molar-refractivity contribution in [1.29, 1.82) is 0 Å². The molecule has 3 heteroatoms. The third-order valence-electron chi connectivity index (χ3n) is 3.14. The molecule has 1 heterocycles. The molecule has 0 radical (unpaired) electrons. The summed E-state index contributed by atoms with van der Waals surface area (Å²) >= 11 is 5.41. The van der Waals surface area contributed by atoms with Gasteiger partial charge >= 0.3 is 0 Å². The van der Waals surface area contributed by atoms with Crippen molar-refractivity contribution in [3.8, 4) is 0 Å². The maximum Gasteiger partial charge on any atom is 0.0704 e. The molecule has 0 aromatic carbocycles. The van der Waals surface area contributed by atoms with E-state index >= 15 is 0 Å². The van der Waals surface area contributed by atoms with Gasteiger partial charge < -0.3 is 5.32 Å². The van der Waals surface area contributed by atoms with Gasteiger partial charge in [0.15, 0.2) is 0 Å². The fraction of sp³-hybridized carbons (Fsp3) is 0.714. The molecule has 0 saturated heterocycles. The second-order valence-electron chi connectivity index (χ2n) is 4.81. The summed E-state index contributed by atoms with van der Waals surface area (Å²) in [6, 6.07) is 2.28. The topological polar surface area (TPSA) is 12.0 Å². The molecule has 0 aliphatic rings. The highest BCUT2D eigenvalue weighted by Gasteiger charge is 2.07. The van der Waals surface area contributed by atoms with Crippen molar-refractivity contribution in [2.24, 2.45) is 5.92 Å². The summed E-state index contributed by atoms with van der Waals surface area (Å²) < 4.78 is 1.27. The van der Waals surface area contributed by atoms with E-state index in [1.54, 1.807) is 0 Å². The fourth-order valence-corrected chi connectivity index (χ4v) is 3.72. The first-order valence-corrected chi connectivity index (χ1v) is 8.20. The third kappa shape index (κ3) is 6.03. The summed E-state index contributed by atoms with van der Waals surface area (Å²) in [5.74, 6) is 0.817. The van der Waals surface area contributed by atoms with Crippen LogP contribution in [0.25, 0.3) is 0 Å². The Balaban J connectivity index is 2.19. The summed E-state index contributed by atoms with van der Waals surface area (Å²) in [4.78, 5) is 1.47. The van der Waals surface area contributed by atoms with Crippen molar-refractivity contribution in [3.63, 3.8) is 0 Å². The number of rotatable bonds is 8. The van der Waals surface area contributed by atoms with E-state index in [-0.39, 0.29) is 0 Å². The summed E-state index contributed by atoms with van der Waals surface area (Å²) in [5, 5.41) is 3.47. The van der Waals surface area contributed by atoms with Crippen LogP contribution in [0.2, 0.25) is 0 Å². The van der Waals surface area contributed by atoms with Crippen LogP contribution in [0.1, 0.15) is 43.6 Å². The van der Waals surface area contributed by atoms with E-state index in [1.807, 2.05) is 11.3 Å². The lowest BCUT2D eigenvalue weighted by atomic mass is 9.99. The van der Waals surface area contributed by atoms with Gasteiger partial charge in [-0.05, 0) is 79.2 Å². The highest BCUT2D eigenvalue weighted by atomic mass is 79.9. The predicted molar refractivity (Wildman–Crippen MR) is 82.0 cm³/mol. The summed E-state index contributed by atoms with van der Waals surface area (Å²) in [6.45, 7) is 9.13. The van der Waals surface area contributed by atoms with E-state index in [1.165, 1.54) is 46.5 Å². The van der Waals surface area contributed by atoms with Crippen molar-refractivity contribution in [3.05, 3.63) is 20.3 Å². The molecule has 98 valence electrons. The molecular formula is C14H24BrNS. The Kier molecular flexibility index (Phi) is 7.40. The van der Waals surface area contributed by atoms with Crippen LogP contribution in [0.5, 0.6) is 0 Å². The van der Waals surface area contributed by atoms with Crippen molar-refractivity contribution in [1.82, 2.24) is 5.32 Å². The van der Waals surface area contributed by atoms with Gasteiger partial charge in [-0.1, -0.05) is 13.8 Å². The molecule has 17 heavy (non-hydrogen) atoms. The van der Waals surface area contributed by atoms with Crippen LogP contribution < -0.4 is 5.32 Å². The van der Waals surface area contributed by atoms with E-state index in [0.717, 1.165) is 12.5 Å². The standard InChI is InChI=1S/C14H24BrNS/c1-4-8-16-9-7-11(2)5-6-13-10-14(15)17-12(13)3/h10-11,16H,4-9H2,1-3H3. The molecular weight excluding hydrogens is 294 g/mol. The van der Waals surface area contributed by atoms with E-state index in [4.69, 9.17) is 0 Å². The van der Waals surface area contributed by atoms with Gasteiger partial charge in [0.05, 0.1) is 3.79 Å². The first kappa shape index (κ1) is 15.2. The van der Waals surface area contributed by atoms with Crippen LogP contribution in [0.3, 0.4) is 0 Å². The Bertz CT molecular complexity index is 322. The van der Waals surface area contributed by atoms with Gasteiger partial charge in [0, 0.05) is 4.88 Å². The Morgan fingerprint density at radius 2 is 2.12 bits per heavy atom. The van der Waals surface area contributed by atoms with Crippen molar-refractivity contribution in [2.45, 2.75) is 46.5 Å². The third-order valence-corrected chi connectivity index (χ3v) is 4.73. The van der Waals surface area contributed by atoms with E-state index < -0.39 is 0 Å². The summed E-state index contributed by atoms with van der Waals surface area (Å²) in [7, 11) is 0. The number of aryl methyl sites for hydroxylation is 2. The van der Waals surface area contributed by atoms with Crippen LogP contribution in [0, 0.1) is 12.8 Å². The zero-order valence-electron chi connectivity index (χ0n) is 11.2. The lowest BCUT2D eigenvalue weighted by Gasteiger charge is -2.11. The largest absolute Gasteiger partial charge is 0.317 e. The van der Waals surface area contributed by atoms with Crippen molar-refractivity contribution in [2.75, 3.05) is 13.1 Å². The molecule has 0 spiro atoms. The molecule has 0 saturated carbocycles. The van der Waals surface area contributed by atoms with Gasteiger partial charge in [-0.3, -0.25) is 0 Å². The molecule has 0 amide bonds. The van der Waals surface area contributed by atoms with Gasteiger partial charge in [-0.2, -0.15) is 0 Å². The Morgan fingerprint density at radius 3 is 2.71 bits per heavy atom. The maximum atomic E-state index is 3.56. The number of nitrogens with one attached hydrogen (secondary N) is 1. The molecule has 1 nitrogen and oxygen atoms in total. The smallest absolute Gasteiger partial charge is 0.0704 e.